The number of benzene rings is 2. The van der Waals surface area contributed by atoms with Gasteiger partial charge in [0.2, 0.25) is 5.91 Å². The highest BCUT2D eigenvalue weighted by atomic mass is 79.9. The van der Waals surface area contributed by atoms with Gasteiger partial charge in [0.1, 0.15) is 11.2 Å². The average molecular weight is 454 g/mol. The van der Waals surface area contributed by atoms with E-state index in [1.54, 1.807) is 12.1 Å². The number of nitrogens with one attached hydrogen (secondary N) is 1. The van der Waals surface area contributed by atoms with Crippen LogP contribution in [0.4, 0.5) is 5.69 Å². The summed E-state index contributed by atoms with van der Waals surface area (Å²) in [5.74, 6) is -0.277. The Morgan fingerprint density at radius 2 is 1.86 bits per heavy atom. The molecule has 28 heavy (non-hydrogen) atoms. The molecule has 0 radical (unpaired) electrons. The van der Waals surface area contributed by atoms with E-state index >= 15 is 0 Å². The molecule has 0 unspecified atom stereocenters. The summed E-state index contributed by atoms with van der Waals surface area (Å²) >= 11 is 4.71. The average Bonchev–Trinajstić information content (AvgIpc) is 3.11. The van der Waals surface area contributed by atoms with Crippen LogP contribution in [0.1, 0.15) is 5.56 Å². The number of thiophene rings is 1. The van der Waals surface area contributed by atoms with Crippen LogP contribution in [0, 0.1) is 6.92 Å². The highest BCUT2D eigenvalue weighted by Crippen LogP contribution is 2.30. The molecule has 0 saturated carbocycles. The number of anilines is 1. The van der Waals surface area contributed by atoms with Crippen molar-refractivity contribution in [2.45, 2.75) is 13.5 Å². The normalized spacial score (nSPS) is 10.9. The number of halogens is 1. The van der Waals surface area contributed by atoms with Crippen LogP contribution in [0.15, 0.2) is 69.5 Å². The van der Waals surface area contributed by atoms with E-state index in [9.17, 15) is 9.59 Å². The fourth-order valence-corrected chi connectivity index (χ4v) is 4.12. The van der Waals surface area contributed by atoms with Crippen molar-refractivity contribution in [3.8, 4) is 11.1 Å². The second-order valence-electron chi connectivity index (χ2n) is 6.43. The maximum Gasteiger partial charge on any atom is 0.271 e. The Bertz CT molecular complexity index is 1210. The van der Waals surface area contributed by atoms with Gasteiger partial charge in [0.05, 0.1) is 11.8 Å². The van der Waals surface area contributed by atoms with Crippen LogP contribution in [0.3, 0.4) is 0 Å². The van der Waals surface area contributed by atoms with E-state index in [0.717, 1.165) is 15.6 Å². The van der Waals surface area contributed by atoms with Crippen molar-refractivity contribution in [2.75, 3.05) is 5.32 Å². The van der Waals surface area contributed by atoms with Gasteiger partial charge in [-0.3, -0.25) is 14.2 Å². The predicted molar refractivity (Wildman–Crippen MR) is 117 cm³/mol. The van der Waals surface area contributed by atoms with Crippen molar-refractivity contribution in [3.05, 3.63) is 80.6 Å². The van der Waals surface area contributed by atoms with Crippen LogP contribution in [-0.2, 0) is 11.3 Å². The molecule has 1 N–H and O–H groups in total. The Balaban J connectivity index is 1.60. The number of hydrogen-bond acceptors (Lipinski definition) is 4. The molecule has 0 aliphatic carbocycles. The number of carbonyl (C=O) groups excluding carboxylic acids is 1. The van der Waals surface area contributed by atoms with Gasteiger partial charge in [-0.2, -0.15) is 0 Å². The molecule has 140 valence electrons. The molecule has 4 aromatic rings. The Morgan fingerprint density at radius 1 is 1.14 bits per heavy atom. The summed E-state index contributed by atoms with van der Waals surface area (Å²) in [4.78, 5) is 29.6. The maximum atomic E-state index is 12.8. The molecule has 0 spiro atoms. The quantitative estimate of drug-likeness (QED) is 0.480. The maximum absolute atomic E-state index is 12.8. The van der Waals surface area contributed by atoms with E-state index in [-0.39, 0.29) is 18.0 Å². The van der Waals surface area contributed by atoms with Crippen molar-refractivity contribution in [3.63, 3.8) is 0 Å². The summed E-state index contributed by atoms with van der Waals surface area (Å²) in [5.41, 5.74) is 4.27. The predicted octanol–water partition coefficient (Wildman–Crippen LogP) is 4.83. The Hall–Kier alpha value is -2.77. The van der Waals surface area contributed by atoms with Crippen molar-refractivity contribution in [2.24, 2.45) is 0 Å². The van der Waals surface area contributed by atoms with E-state index in [4.69, 9.17) is 0 Å². The highest BCUT2D eigenvalue weighted by molar-refractivity contribution is 9.10. The summed E-state index contributed by atoms with van der Waals surface area (Å²) in [5, 5.41) is 4.73. The largest absolute Gasteiger partial charge is 0.325 e. The van der Waals surface area contributed by atoms with Crippen LogP contribution in [0.5, 0.6) is 0 Å². The number of hydrogen-bond donors (Lipinski definition) is 1. The zero-order chi connectivity index (χ0) is 19.7. The van der Waals surface area contributed by atoms with Crippen molar-refractivity contribution < 1.29 is 4.79 Å². The van der Waals surface area contributed by atoms with Gasteiger partial charge in [-0.15, -0.1) is 11.3 Å². The Kier molecular flexibility index (Phi) is 5.11. The second kappa shape index (κ2) is 7.69. The van der Waals surface area contributed by atoms with Crippen molar-refractivity contribution >= 4 is 49.1 Å². The topological polar surface area (TPSA) is 64.0 Å². The third-order valence-corrected chi connectivity index (χ3v) is 5.84. The monoisotopic (exact) mass is 453 g/mol. The minimum Gasteiger partial charge on any atom is -0.325 e. The molecule has 2 aromatic carbocycles. The van der Waals surface area contributed by atoms with Gasteiger partial charge in [0.15, 0.2) is 0 Å². The first-order valence-corrected chi connectivity index (χ1v) is 10.3. The summed E-state index contributed by atoms with van der Waals surface area (Å²) in [7, 11) is 0. The standard InChI is InChI=1S/C21H16BrN3O2S/c1-13-2-4-14(5-3-13)17-11-28-20-19(17)23-12-25(21(20)27)10-18(26)24-16-8-6-15(22)7-9-16/h2-9,11-12H,10H2,1H3,(H,24,26). The van der Waals surface area contributed by atoms with Gasteiger partial charge < -0.3 is 5.32 Å². The van der Waals surface area contributed by atoms with Crippen LogP contribution < -0.4 is 10.9 Å². The molecular formula is C21H16BrN3O2S. The van der Waals surface area contributed by atoms with Crippen LogP contribution >= 0.6 is 27.3 Å². The van der Waals surface area contributed by atoms with E-state index in [1.165, 1.54) is 27.8 Å². The first-order valence-electron chi connectivity index (χ1n) is 8.60. The molecule has 0 atom stereocenters. The number of aryl methyl sites for hydroxylation is 1. The minimum atomic E-state index is -0.277. The molecule has 2 heterocycles. The summed E-state index contributed by atoms with van der Waals surface area (Å²) < 4.78 is 2.82. The number of carbonyl (C=O) groups is 1. The lowest BCUT2D eigenvalue weighted by molar-refractivity contribution is -0.116. The fourth-order valence-electron chi connectivity index (χ4n) is 2.88. The third kappa shape index (κ3) is 3.76. The van der Waals surface area contributed by atoms with E-state index in [2.05, 4.69) is 26.2 Å². The molecule has 0 bridgehead atoms. The lowest BCUT2D eigenvalue weighted by atomic mass is 10.1. The highest BCUT2D eigenvalue weighted by Gasteiger charge is 2.14. The summed E-state index contributed by atoms with van der Waals surface area (Å²) in [6.07, 6.45) is 1.44. The third-order valence-electron chi connectivity index (χ3n) is 4.35. The van der Waals surface area contributed by atoms with Gasteiger partial charge in [0.25, 0.3) is 5.56 Å². The molecular weight excluding hydrogens is 438 g/mol. The van der Waals surface area contributed by atoms with Crippen LogP contribution in [0.25, 0.3) is 21.3 Å². The first kappa shape index (κ1) is 18.6. The molecule has 0 aliphatic heterocycles. The lowest BCUT2D eigenvalue weighted by Crippen LogP contribution is -2.27. The molecule has 2 aromatic heterocycles. The smallest absolute Gasteiger partial charge is 0.271 e. The van der Waals surface area contributed by atoms with Gasteiger partial charge in [-0.05, 0) is 36.8 Å². The fraction of sp³-hybridized carbons (Fsp3) is 0.0952. The molecule has 0 saturated heterocycles. The van der Waals surface area contributed by atoms with E-state index < -0.39 is 0 Å². The minimum absolute atomic E-state index is 0.0877. The molecule has 0 fully saturated rings. The number of amides is 1. The zero-order valence-corrected chi connectivity index (χ0v) is 17.4. The summed E-state index contributed by atoms with van der Waals surface area (Å²) in [6, 6.07) is 15.4. The van der Waals surface area contributed by atoms with Crippen LogP contribution in [0.2, 0.25) is 0 Å². The van der Waals surface area contributed by atoms with Crippen LogP contribution in [-0.4, -0.2) is 15.5 Å². The second-order valence-corrected chi connectivity index (χ2v) is 8.22. The van der Waals surface area contributed by atoms with Gasteiger partial charge in [-0.25, -0.2) is 4.98 Å². The molecule has 0 aliphatic rings. The molecule has 5 nitrogen and oxygen atoms in total. The Morgan fingerprint density at radius 3 is 2.57 bits per heavy atom. The molecule has 1 amide bonds. The SMILES string of the molecule is Cc1ccc(-c2csc3c(=O)n(CC(=O)Nc4ccc(Br)cc4)cnc23)cc1. The lowest BCUT2D eigenvalue weighted by Gasteiger charge is -2.07. The number of nitrogens with zero attached hydrogens (tertiary/aromatic N) is 2. The van der Waals surface area contributed by atoms with Crippen molar-refractivity contribution in [1.29, 1.82) is 0 Å². The van der Waals surface area contributed by atoms with Gasteiger partial charge in [0, 0.05) is 21.1 Å². The van der Waals surface area contributed by atoms with E-state index in [1.807, 2.05) is 48.7 Å². The number of rotatable bonds is 4. The number of fused-ring (bicyclic) bond motifs is 1. The summed E-state index contributed by atoms with van der Waals surface area (Å²) in [6.45, 7) is 1.95. The molecule has 4 rings (SSSR count). The Labute approximate surface area is 173 Å². The molecule has 7 heteroatoms. The zero-order valence-electron chi connectivity index (χ0n) is 15.0. The van der Waals surface area contributed by atoms with Gasteiger partial charge >= 0.3 is 0 Å². The van der Waals surface area contributed by atoms with E-state index in [0.29, 0.717) is 15.9 Å². The van der Waals surface area contributed by atoms with Gasteiger partial charge in [-0.1, -0.05) is 45.8 Å². The number of aromatic nitrogens is 2. The first-order chi connectivity index (χ1) is 13.5. The van der Waals surface area contributed by atoms with Crippen molar-refractivity contribution in [1.82, 2.24) is 9.55 Å².